The van der Waals surface area contributed by atoms with E-state index in [0.717, 1.165) is 17.5 Å². The largest absolute Gasteiger partial charge is 0.102 e. The molecule has 3 rings (SSSR count). The predicted octanol–water partition coefficient (Wildman–Crippen LogP) is 6.06. The van der Waals surface area contributed by atoms with Gasteiger partial charge in [0.1, 0.15) is 0 Å². The Bertz CT molecular complexity index is 336. The quantitative estimate of drug-likeness (QED) is 0.550. The molecule has 0 spiro atoms. The standard InChI is InChI=1S/C18H31P/c1-14(18(2)12-13-18)19-17-9-4-3-6-16(10-11-17)15-7-5-8-15/h15-17H,3-13H2,1-2H3. The number of hydrogen-bond acceptors (Lipinski definition) is 0. The van der Waals surface area contributed by atoms with Gasteiger partial charge in [-0.15, -0.1) is 8.20 Å². The number of hydrogen-bond donors (Lipinski definition) is 0. The van der Waals surface area contributed by atoms with E-state index < -0.39 is 0 Å². The van der Waals surface area contributed by atoms with Gasteiger partial charge in [-0.2, -0.15) is 0 Å². The van der Waals surface area contributed by atoms with Crippen LogP contribution in [0.25, 0.3) is 0 Å². The highest BCUT2D eigenvalue weighted by molar-refractivity contribution is 7.41. The average Bonchev–Trinajstić information content (AvgIpc) is 3.03. The third-order valence-corrected chi connectivity index (χ3v) is 8.11. The second kappa shape index (κ2) is 5.88. The first-order valence-electron chi connectivity index (χ1n) is 8.72. The molecule has 3 aliphatic rings. The van der Waals surface area contributed by atoms with Crippen LogP contribution in [-0.4, -0.2) is 11.0 Å². The van der Waals surface area contributed by atoms with Gasteiger partial charge >= 0.3 is 0 Å². The Morgan fingerprint density at radius 3 is 2.11 bits per heavy atom. The summed E-state index contributed by atoms with van der Waals surface area (Å²) in [6, 6.07) is 0. The molecule has 0 heterocycles. The zero-order chi connectivity index (χ0) is 13.3. The van der Waals surface area contributed by atoms with E-state index in [0.29, 0.717) is 5.41 Å². The van der Waals surface area contributed by atoms with Crippen molar-refractivity contribution in [1.29, 1.82) is 0 Å². The lowest BCUT2D eigenvalue weighted by molar-refractivity contribution is 0.173. The lowest BCUT2D eigenvalue weighted by Crippen LogP contribution is -2.24. The summed E-state index contributed by atoms with van der Waals surface area (Å²) >= 11 is 0. The van der Waals surface area contributed by atoms with Crippen molar-refractivity contribution in [2.45, 2.75) is 90.1 Å². The molecule has 19 heavy (non-hydrogen) atoms. The van der Waals surface area contributed by atoms with Gasteiger partial charge in [-0.25, -0.2) is 0 Å². The van der Waals surface area contributed by atoms with Crippen LogP contribution >= 0.6 is 8.20 Å². The van der Waals surface area contributed by atoms with Crippen molar-refractivity contribution in [3.05, 3.63) is 0 Å². The maximum Gasteiger partial charge on any atom is 0.000853 e. The van der Waals surface area contributed by atoms with Crippen LogP contribution < -0.4 is 0 Å². The highest BCUT2D eigenvalue weighted by atomic mass is 31.1. The average molecular weight is 278 g/mol. The fourth-order valence-electron chi connectivity index (χ4n) is 3.97. The van der Waals surface area contributed by atoms with E-state index in [1.807, 2.05) is 0 Å². The summed E-state index contributed by atoms with van der Waals surface area (Å²) in [5, 5.41) is 1.80. The van der Waals surface area contributed by atoms with Crippen molar-refractivity contribution in [3.8, 4) is 0 Å². The zero-order valence-corrected chi connectivity index (χ0v) is 13.9. The predicted molar refractivity (Wildman–Crippen MR) is 87.3 cm³/mol. The van der Waals surface area contributed by atoms with E-state index in [-0.39, 0.29) is 0 Å². The minimum Gasteiger partial charge on any atom is -0.102 e. The molecule has 3 fully saturated rings. The van der Waals surface area contributed by atoms with Gasteiger partial charge in [0.25, 0.3) is 0 Å². The van der Waals surface area contributed by atoms with E-state index in [4.69, 9.17) is 0 Å². The van der Waals surface area contributed by atoms with Gasteiger partial charge < -0.3 is 0 Å². The van der Waals surface area contributed by atoms with Gasteiger partial charge in [-0.3, -0.25) is 0 Å². The van der Waals surface area contributed by atoms with Gasteiger partial charge in [0.05, 0.1) is 0 Å². The summed E-state index contributed by atoms with van der Waals surface area (Å²) < 4.78 is 0. The monoisotopic (exact) mass is 278 g/mol. The summed E-state index contributed by atoms with van der Waals surface area (Å²) in [4.78, 5) is 0. The Balaban J connectivity index is 1.56. The van der Waals surface area contributed by atoms with Crippen molar-refractivity contribution in [1.82, 2.24) is 0 Å². The van der Waals surface area contributed by atoms with E-state index in [2.05, 4.69) is 13.8 Å². The van der Waals surface area contributed by atoms with Crippen molar-refractivity contribution in [2.24, 2.45) is 17.3 Å². The second-order valence-electron chi connectivity index (χ2n) is 7.74. The molecule has 2 unspecified atom stereocenters. The Labute approximate surface area is 121 Å². The molecule has 0 aromatic rings. The Morgan fingerprint density at radius 2 is 1.47 bits per heavy atom. The minimum atomic E-state index is 0.650. The Kier molecular flexibility index (Phi) is 4.37. The Morgan fingerprint density at radius 1 is 0.842 bits per heavy atom. The van der Waals surface area contributed by atoms with Crippen molar-refractivity contribution in [2.75, 3.05) is 0 Å². The van der Waals surface area contributed by atoms with Crippen LogP contribution in [0.4, 0.5) is 0 Å². The van der Waals surface area contributed by atoms with Crippen LogP contribution in [0.1, 0.15) is 84.5 Å². The van der Waals surface area contributed by atoms with Gasteiger partial charge in [0.15, 0.2) is 0 Å². The highest BCUT2D eigenvalue weighted by Gasteiger charge is 2.39. The van der Waals surface area contributed by atoms with Crippen LogP contribution in [0.5, 0.6) is 0 Å². The molecule has 0 aromatic carbocycles. The third-order valence-electron chi connectivity index (χ3n) is 6.30. The molecule has 0 N–H and O–H groups in total. The summed E-state index contributed by atoms with van der Waals surface area (Å²) in [6.45, 7) is 4.92. The minimum absolute atomic E-state index is 0.650. The van der Waals surface area contributed by atoms with Gasteiger partial charge in [0, 0.05) is 5.66 Å². The van der Waals surface area contributed by atoms with Crippen LogP contribution in [0.15, 0.2) is 0 Å². The maximum atomic E-state index is 2.48. The molecular weight excluding hydrogens is 247 g/mol. The fourth-order valence-corrected chi connectivity index (χ4v) is 5.65. The molecule has 0 amide bonds. The molecule has 0 nitrogen and oxygen atoms in total. The first kappa shape index (κ1) is 14.1. The molecule has 3 saturated carbocycles. The summed E-state index contributed by atoms with van der Waals surface area (Å²) in [6.07, 6.45) is 16.7. The second-order valence-corrected chi connectivity index (χ2v) is 9.40. The van der Waals surface area contributed by atoms with E-state index in [9.17, 15) is 0 Å². The molecular formula is C18H31P. The van der Waals surface area contributed by atoms with Crippen molar-refractivity contribution >= 4 is 13.5 Å². The topological polar surface area (TPSA) is 0 Å². The van der Waals surface area contributed by atoms with Crippen molar-refractivity contribution < 1.29 is 0 Å². The van der Waals surface area contributed by atoms with Crippen molar-refractivity contribution in [3.63, 3.8) is 0 Å². The third kappa shape index (κ3) is 3.44. The van der Waals surface area contributed by atoms with Gasteiger partial charge in [-0.1, -0.05) is 45.4 Å². The highest BCUT2D eigenvalue weighted by Crippen LogP contribution is 2.49. The summed E-state index contributed by atoms with van der Waals surface area (Å²) in [5.41, 5.74) is 1.65. The molecule has 0 aromatic heterocycles. The Hall–Kier alpha value is 0.170. The fraction of sp³-hybridized carbons (Fsp3) is 0.944. The SMILES string of the molecule is CC(=PC1CCCCC(C2CCC2)CC1)C1(C)CC1. The van der Waals surface area contributed by atoms with E-state index >= 15 is 0 Å². The normalized spacial score (nSPS) is 36.2. The van der Waals surface area contributed by atoms with Crippen LogP contribution in [-0.2, 0) is 0 Å². The lowest BCUT2D eigenvalue weighted by atomic mass is 9.71. The molecule has 0 aliphatic heterocycles. The molecule has 3 aliphatic carbocycles. The molecule has 2 atom stereocenters. The summed E-state index contributed by atoms with van der Waals surface area (Å²) in [7, 11) is 1.72. The van der Waals surface area contributed by atoms with E-state index in [1.165, 1.54) is 44.9 Å². The molecule has 0 bridgehead atoms. The smallest absolute Gasteiger partial charge is 0.000853 e. The van der Waals surface area contributed by atoms with Crippen LogP contribution in [0.2, 0.25) is 0 Å². The van der Waals surface area contributed by atoms with E-state index in [1.54, 1.807) is 39.2 Å². The van der Waals surface area contributed by atoms with Crippen LogP contribution in [0, 0.1) is 17.3 Å². The maximum absolute atomic E-state index is 2.48. The van der Waals surface area contributed by atoms with Gasteiger partial charge in [0.2, 0.25) is 0 Å². The zero-order valence-electron chi connectivity index (χ0n) is 13.0. The van der Waals surface area contributed by atoms with Gasteiger partial charge in [-0.05, 0) is 61.6 Å². The first-order chi connectivity index (χ1) is 9.17. The molecule has 1 heteroatoms. The molecule has 0 radical (unpaired) electrons. The lowest BCUT2D eigenvalue weighted by Gasteiger charge is -2.36. The molecule has 0 saturated heterocycles. The summed E-state index contributed by atoms with van der Waals surface area (Å²) in [5.74, 6) is 2.23. The molecule has 108 valence electrons. The first-order valence-corrected chi connectivity index (χ1v) is 9.69. The van der Waals surface area contributed by atoms with Crippen LogP contribution in [0.3, 0.4) is 0 Å². The number of rotatable bonds is 3.